The van der Waals surface area contributed by atoms with E-state index in [-0.39, 0.29) is 24.3 Å². The van der Waals surface area contributed by atoms with E-state index in [2.05, 4.69) is 4.74 Å². The summed E-state index contributed by atoms with van der Waals surface area (Å²) < 4.78 is 9.87. The number of carbonyl (C=O) groups is 5. The number of halogens is 2. The van der Waals surface area contributed by atoms with Gasteiger partial charge in [0.25, 0.3) is 11.8 Å². The number of hydrogen-bond acceptors (Lipinski definition) is 8. The number of phenolic OH excluding ortho intramolecular Hbond substituents is 1. The van der Waals surface area contributed by atoms with Gasteiger partial charge in [-0.2, -0.15) is 4.90 Å². The van der Waals surface area contributed by atoms with Gasteiger partial charge in [0.15, 0.2) is 21.2 Å². The number of alkyl halides is 2. The van der Waals surface area contributed by atoms with Crippen molar-refractivity contribution < 1.29 is 38.6 Å². The van der Waals surface area contributed by atoms with Gasteiger partial charge in [-0.1, -0.05) is 17.7 Å². The van der Waals surface area contributed by atoms with Gasteiger partial charge in [0.05, 0.1) is 26.1 Å². The number of benzene rings is 1. The van der Waals surface area contributed by atoms with E-state index in [1.165, 1.54) is 32.4 Å². The van der Waals surface area contributed by atoms with Crippen molar-refractivity contribution >= 4 is 52.9 Å². The maximum absolute atomic E-state index is 13.5. The maximum Gasteiger partial charge on any atom is 0.423 e. The lowest BCUT2D eigenvalue weighted by Gasteiger charge is -2.50. The van der Waals surface area contributed by atoms with Gasteiger partial charge in [0.1, 0.15) is 0 Å². The van der Waals surface area contributed by atoms with Crippen LogP contribution in [0.15, 0.2) is 29.8 Å². The van der Waals surface area contributed by atoms with Crippen molar-refractivity contribution in [3.63, 3.8) is 0 Å². The molecule has 2 saturated heterocycles. The van der Waals surface area contributed by atoms with Gasteiger partial charge in [-0.25, -0.2) is 4.79 Å². The lowest BCUT2D eigenvalue weighted by molar-refractivity contribution is -0.139. The second kappa shape index (κ2) is 7.94. The average Bonchev–Trinajstić information content (AvgIpc) is 3.19. The minimum absolute atomic E-state index is 0.110. The first kappa shape index (κ1) is 24.6. The molecule has 2 aliphatic carbocycles. The zero-order valence-corrected chi connectivity index (χ0v) is 21.0. The molecule has 0 aromatic heterocycles. The van der Waals surface area contributed by atoms with E-state index in [0.717, 1.165) is 12.0 Å². The largest absolute Gasteiger partial charge is 0.504 e. The van der Waals surface area contributed by atoms with Crippen molar-refractivity contribution in [2.24, 2.45) is 17.8 Å². The molecule has 190 valence electrons. The van der Waals surface area contributed by atoms with E-state index < -0.39 is 63.1 Å². The van der Waals surface area contributed by atoms with Gasteiger partial charge >= 0.3 is 6.09 Å². The highest BCUT2D eigenvalue weighted by Crippen LogP contribution is 2.65. The van der Waals surface area contributed by atoms with Crippen LogP contribution < -0.4 is 4.74 Å². The zero-order chi connectivity index (χ0) is 26.3. The number of fused-ring (bicyclic) bond motifs is 4. The second-order valence-electron chi connectivity index (χ2n) is 9.41. The van der Waals surface area contributed by atoms with Crippen molar-refractivity contribution in [1.29, 1.82) is 0 Å². The topological polar surface area (TPSA) is 131 Å². The van der Waals surface area contributed by atoms with E-state index in [0.29, 0.717) is 16.0 Å². The summed E-state index contributed by atoms with van der Waals surface area (Å²) in [5, 5.41) is 10.1. The quantitative estimate of drug-likeness (QED) is 0.345. The summed E-state index contributed by atoms with van der Waals surface area (Å²) in [4.78, 5) is 62.8. The summed E-state index contributed by atoms with van der Waals surface area (Å²) in [5.74, 6) is -6.52. The Bertz CT molecular complexity index is 1280. The Morgan fingerprint density at radius 2 is 1.78 bits per heavy atom. The number of methoxy groups -OCH3 is 2. The van der Waals surface area contributed by atoms with Crippen LogP contribution in [0.4, 0.5) is 4.79 Å². The Kier molecular flexibility index (Phi) is 5.42. The molecule has 0 bridgehead atoms. The summed E-state index contributed by atoms with van der Waals surface area (Å²) in [7, 11) is 3.71. The fraction of sp³-hybridized carbons (Fsp3) is 0.458. The number of phenols is 1. The highest BCUT2D eigenvalue weighted by atomic mass is 35.5. The Morgan fingerprint density at radius 1 is 1.08 bits per heavy atom. The molecule has 2 aliphatic heterocycles. The Morgan fingerprint density at radius 3 is 2.42 bits per heavy atom. The van der Waals surface area contributed by atoms with Gasteiger partial charge in [0, 0.05) is 13.0 Å². The van der Waals surface area contributed by atoms with E-state index in [1.54, 1.807) is 6.08 Å². The zero-order valence-electron chi connectivity index (χ0n) is 19.5. The molecule has 2 heterocycles. The third-order valence-electron chi connectivity index (χ3n) is 7.91. The smallest absolute Gasteiger partial charge is 0.423 e. The number of nitrogens with zero attached hydrogens (tertiary/aromatic N) is 2. The number of likely N-dealkylation sites (tertiary alicyclic amines) is 2. The predicted molar refractivity (Wildman–Crippen MR) is 124 cm³/mol. The monoisotopic (exact) mass is 536 g/mol. The highest BCUT2D eigenvalue weighted by molar-refractivity contribution is 6.53. The number of rotatable bonds is 2. The summed E-state index contributed by atoms with van der Waals surface area (Å²) in [6.45, 7) is 0. The summed E-state index contributed by atoms with van der Waals surface area (Å²) in [6, 6.07) is 4.40. The van der Waals surface area contributed by atoms with Crippen LogP contribution in [0.25, 0.3) is 0 Å². The van der Waals surface area contributed by atoms with Crippen LogP contribution in [0.2, 0.25) is 0 Å². The SMILES string of the molecule is COC(=O)N1C(=O)[C@H]2[C@H](CC=C3[C@H]2C[C@@]2(Cl)C(=O)N(C)C(=O)[C@@]2(Cl)[C@H]3c2ccc(O)c(OC)c2)C1=O. The lowest BCUT2D eigenvalue weighted by Crippen LogP contribution is -2.60. The molecule has 5 rings (SSSR count). The number of amides is 5. The van der Waals surface area contributed by atoms with E-state index in [9.17, 15) is 29.1 Å². The summed E-state index contributed by atoms with van der Waals surface area (Å²) in [6.07, 6.45) is 0.564. The number of hydrogen-bond donors (Lipinski definition) is 1. The van der Waals surface area contributed by atoms with Crippen molar-refractivity contribution in [2.75, 3.05) is 21.3 Å². The molecular weight excluding hydrogens is 515 g/mol. The van der Waals surface area contributed by atoms with E-state index in [4.69, 9.17) is 27.9 Å². The van der Waals surface area contributed by atoms with Gasteiger partial charge in [-0.15, -0.1) is 23.2 Å². The molecule has 0 spiro atoms. The molecule has 1 aromatic rings. The lowest BCUT2D eigenvalue weighted by atomic mass is 9.56. The van der Waals surface area contributed by atoms with E-state index in [1.807, 2.05) is 0 Å². The minimum atomic E-state index is -1.95. The molecule has 0 radical (unpaired) electrons. The van der Waals surface area contributed by atoms with Crippen molar-refractivity contribution in [3.05, 3.63) is 35.4 Å². The van der Waals surface area contributed by atoms with Crippen molar-refractivity contribution in [1.82, 2.24) is 9.80 Å². The van der Waals surface area contributed by atoms with Crippen LogP contribution in [-0.4, -0.2) is 75.6 Å². The number of ether oxygens (including phenoxy) is 2. The predicted octanol–water partition coefficient (Wildman–Crippen LogP) is 2.16. The number of aromatic hydroxyl groups is 1. The van der Waals surface area contributed by atoms with E-state index >= 15 is 0 Å². The molecule has 1 N–H and O–H groups in total. The third kappa shape index (κ3) is 2.82. The number of allylic oxidation sites excluding steroid dienone is 2. The minimum Gasteiger partial charge on any atom is -0.504 e. The first-order valence-electron chi connectivity index (χ1n) is 11.2. The molecule has 10 nitrogen and oxygen atoms in total. The van der Waals surface area contributed by atoms with Crippen molar-refractivity contribution in [2.45, 2.75) is 28.5 Å². The van der Waals surface area contributed by atoms with Crippen LogP contribution in [0.5, 0.6) is 11.5 Å². The Labute approximate surface area is 215 Å². The molecule has 6 atom stereocenters. The Balaban J connectivity index is 1.72. The van der Waals surface area contributed by atoms with Crippen LogP contribution in [-0.2, 0) is 23.9 Å². The second-order valence-corrected chi connectivity index (χ2v) is 10.7. The Hall–Kier alpha value is -3.11. The highest BCUT2D eigenvalue weighted by Gasteiger charge is 2.76. The van der Waals surface area contributed by atoms with Crippen LogP contribution in [0, 0.1) is 17.8 Å². The first-order chi connectivity index (χ1) is 16.9. The van der Waals surface area contributed by atoms with Gasteiger partial charge < -0.3 is 14.6 Å². The first-order valence-corrected chi connectivity index (χ1v) is 11.9. The van der Waals surface area contributed by atoms with Gasteiger partial charge in [-0.05, 0) is 36.5 Å². The van der Waals surface area contributed by atoms with Crippen LogP contribution in [0.3, 0.4) is 0 Å². The number of imide groups is 4. The molecule has 1 aromatic carbocycles. The molecule has 1 saturated carbocycles. The van der Waals surface area contributed by atoms with Crippen molar-refractivity contribution in [3.8, 4) is 11.5 Å². The molecular formula is C24H22Cl2N2O8. The standard InChI is InChI=1S/C24H22Cl2N2O8/c1-27-20(32)23(25)9-13-11(5-6-12-16(13)19(31)28(18(12)30)22(34)36-3)17(24(23,26)21(27)33)10-4-7-14(29)15(8-10)35-2/h4-5,7-8,12-13,16-17,29H,6,9H2,1-3H3/t12-,13+,16-,17-,23+,24-/m0/s1. The summed E-state index contributed by atoms with van der Waals surface area (Å²) >= 11 is 14.1. The summed E-state index contributed by atoms with van der Waals surface area (Å²) in [5.41, 5.74) is 0.983. The number of carbonyl (C=O) groups excluding carboxylic acids is 5. The molecule has 4 aliphatic rings. The molecule has 3 fully saturated rings. The van der Waals surface area contributed by atoms with Gasteiger partial charge in [0.2, 0.25) is 11.8 Å². The average molecular weight is 537 g/mol. The van der Waals surface area contributed by atoms with Crippen LogP contribution >= 0.6 is 23.2 Å². The molecule has 36 heavy (non-hydrogen) atoms. The fourth-order valence-electron chi connectivity index (χ4n) is 6.26. The normalized spacial score (nSPS) is 35.3. The molecule has 5 amide bonds. The van der Waals surface area contributed by atoms with Gasteiger partial charge in [-0.3, -0.25) is 24.1 Å². The molecule has 12 heteroatoms. The van der Waals surface area contributed by atoms with Crippen LogP contribution in [0.1, 0.15) is 24.3 Å². The third-order valence-corrected chi connectivity index (χ3v) is 9.32. The fourth-order valence-corrected chi connectivity index (χ4v) is 7.28. The molecule has 0 unspecified atom stereocenters. The maximum atomic E-state index is 13.5.